The Morgan fingerprint density at radius 1 is 1.17 bits per heavy atom. The van der Waals surface area contributed by atoms with E-state index in [1.54, 1.807) is 16.9 Å². The van der Waals surface area contributed by atoms with Crippen LogP contribution in [0.3, 0.4) is 0 Å². The highest BCUT2D eigenvalue weighted by Crippen LogP contribution is 2.32. The molecular weight excluding hydrogens is 416 g/mol. The molecule has 4 rings (SSSR count). The van der Waals surface area contributed by atoms with Crippen molar-refractivity contribution in [2.24, 2.45) is 0 Å². The summed E-state index contributed by atoms with van der Waals surface area (Å²) in [4.78, 5) is 0.136. The van der Waals surface area contributed by atoms with Crippen molar-refractivity contribution in [2.75, 3.05) is 20.2 Å². The van der Waals surface area contributed by atoms with Crippen LogP contribution < -0.4 is 9.47 Å². The fraction of sp³-hybridized carbons (Fsp3) is 0.263. The van der Waals surface area contributed by atoms with E-state index in [4.69, 9.17) is 21.1 Å². The van der Waals surface area contributed by atoms with Gasteiger partial charge in [0.05, 0.1) is 29.3 Å². The summed E-state index contributed by atoms with van der Waals surface area (Å²) in [7, 11) is -2.14. The summed E-state index contributed by atoms with van der Waals surface area (Å²) < 4.78 is 39.3. The first-order valence-electron chi connectivity index (χ1n) is 8.89. The highest BCUT2D eigenvalue weighted by molar-refractivity contribution is 7.89. The Kier molecular flexibility index (Phi) is 5.44. The van der Waals surface area contributed by atoms with Gasteiger partial charge in [-0.2, -0.15) is 4.31 Å². The molecule has 1 saturated heterocycles. The van der Waals surface area contributed by atoms with Gasteiger partial charge in [0, 0.05) is 13.1 Å². The van der Waals surface area contributed by atoms with E-state index < -0.39 is 10.0 Å². The molecule has 1 aliphatic rings. The first-order chi connectivity index (χ1) is 14.0. The van der Waals surface area contributed by atoms with Crippen LogP contribution in [0.2, 0.25) is 5.02 Å². The number of hydrogen-bond acceptors (Lipinski definition) is 6. The third-order valence-electron chi connectivity index (χ3n) is 4.65. The van der Waals surface area contributed by atoms with Gasteiger partial charge in [-0.25, -0.2) is 13.1 Å². The maximum Gasteiger partial charge on any atom is 0.243 e. The minimum absolute atomic E-state index is 0.0727. The first-order valence-corrected chi connectivity index (χ1v) is 10.7. The molecule has 2 aromatic carbocycles. The van der Waals surface area contributed by atoms with Gasteiger partial charge in [-0.1, -0.05) is 35.0 Å². The molecule has 0 saturated carbocycles. The lowest BCUT2D eigenvalue weighted by molar-refractivity contribution is 0.188. The highest BCUT2D eigenvalue weighted by atomic mass is 35.5. The fourth-order valence-electron chi connectivity index (χ4n) is 2.97. The van der Waals surface area contributed by atoms with E-state index in [1.807, 2.05) is 30.3 Å². The lowest BCUT2D eigenvalue weighted by Crippen LogP contribution is -2.50. The molecule has 1 aliphatic heterocycles. The average molecular weight is 435 g/mol. The van der Waals surface area contributed by atoms with Gasteiger partial charge in [-0.3, -0.25) is 0 Å². The van der Waals surface area contributed by atoms with Gasteiger partial charge < -0.3 is 9.47 Å². The zero-order valence-electron chi connectivity index (χ0n) is 15.6. The molecule has 1 aromatic heterocycles. The number of halogens is 1. The van der Waals surface area contributed by atoms with Crippen LogP contribution in [0, 0.1) is 0 Å². The van der Waals surface area contributed by atoms with Crippen molar-refractivity contribution in [1.29, 1.82) is 0 Å². The molecule has 0 atom stereocenters. The molecule has 10 heteroatoms. The third-order valence-corrected chi connectivity index (χ3v) is 6.77. The lowest BCUT2D eigenvalue weighted by Gasteiger charge is -2.37. The molecule has 0 amide bonds. The number of methoxy groups -OCH3 is 1. The van der Waals surface area contributed by atoms with Crippen molar-refractivity contribution in [3.63, 3.8) is 0 Å². The maximum absolute atomic E-state index is 12.8. The molecule has 152 valence electrons. The summed E-state index contributed by atoms with van der Waals surface area (Å²) in [5, 5.41) is 8.46. The SMILES string of the molecule is COc1ccc(S(=O)(=O)N2CC(n3cc(COc4ccccc4)nn3)C2)cc1Cl. The Hall–Kier alpha value is -2.62. The van der Waals surface area contributed by atoms with Crippen LogP contribution in [0.4, 0.5) is 0 Å². The summed E-state index contributed by atoms with van der Waals surface area (Å²) in [5.41, 5.74) is 0.678. The zero-order valence-corrected chi connectivity index (χ0v) is 17.2. The molecule has 0 N–H and O–H groups in total. The van der Waals surface area contributed by atoms with E-state index in [2.05, 4.69) is 10.3 Å². The molecule has 2 heterocycles. The second-order valence-corrected chi connectivity index (χ2v) is 8.91. The van der Waals surface area contributed by atoms with Crippen LogP contribution in [0.15, 0.2) is 59.6 Å². The number of sulfonamides is 1. The van der Waals surface area contributed by atoms with Crippen LogP contribution >= 0.6 is 11.6 Å². The summed E-state index contributed by atoms with van der Waals surface area (Å²) >= 11 is 6.06. The molecule has 0 radical (unpaired) electrons. The summed E-state index contributed by atoms with van der Waals surface area (Å²) in [5.74, 6) is 1.18. The molecule has 1 fully saturated rings. The van der Waals surface area contributed by atoms with Gasteiger partial charge in [-0.05, 0) is 30.3 Å². The lowest BCUT2D eigenvalue weighted by atomic mass is 10.2. The number of hydrogen-bond donors (Lipinski definition) is 0. The highest BCUT2D eigenvalue weighted by Gasteiger charge is 2.38. The zero-order chi connectivity index (χ0) is 20.4. The van der Waals surface area contributed by atoms with Crippen molar-refractivity contribution < 1.29 is 17.9 Å². The van der Waals surface area contributed by atoms with Gasteiger partial charge in [0.25, 0.3) is 0 Å². The van der Waals surface area contributed by atoms with Crippen molar-refractivity contribution in [3.05, 3.63) is 65.4 Å². The van der Waals surface area contributed by atoms with Gasteiger partial charge in [0.1, 0.15) is 23.8 Å². The van der Waals surface area contributed by atoms with E-state index in [0.717, 1.165) is 5.75 Å². The molecule has 0 spiro atoms. The Morgan fingerprint density at radius 3 is 2.62 bits per heavy atom. The summed E-state index contributed by atoms with van der Waals surface area (Å²) in [6.07, 6.45) is 1.78. The van der Waals surface area contributed by atoms with E-state index in [-0.39, 0.29) is 16.0 Å². The normalized spacial score (nSPS) is 15.1. The molecule has 8 nitrogen and oxygen atoms in total. The van der Waals surface area contributed by atoms with Crippen molar-refractivity contribution in [1.82, 2.24) is 19.3 Å². The van der Waals surface area contributed by atoms with Crippen molar-refractivity contribution >= 4 is 21.6 Å². The third kappa shape index (κ3) is 4.07. The van der Waals surface area contributed by atoms with E-state index in [0.29, 0.717) is 31.1 Å². The summed E-state index contributed by atoms with van der Waals surface area (Å²) in [6.45, 7) is 0.922. The number of aromatic nitrogens is 3. The number of ether oxygens (including phenoxy) is 2. The van der Waals surface area contributed by atoms with Crippen LogP contribution in [0.5, 0.6) is 11.5 Å². The van der Waals surface area contributed by atoms with Crippen LogP contribution in [0.25, 0.3) is 0 Å². The van der Waals surface area contributed by atoms with E-state index >= 15 is 0 Å². The molecule has 0 unspecified atom stereocenters. The van der Waals surface area contributed by atoms with Gasteiger partial charge in [0.15, 0.2) is 0 Å². The van der Waals surface area contributed by atoms with Crippen molar-refractivity contribution in [3.8, 4) is 11.5 Å². The molecule has 3 aromatic rings. The Balaban J connectivity index is 1.37. The molecule has 29 heavy (non-hydrogen) atoms. The van der Waals surface area contributed by atoms with Gasteiger partial charge >= 0.3 is 0 Å². The number of para-hydroxylation sites is 1. The Labute approximate surface area is 173 Å². The Morgan fingerprint density at radius 2 is 1.93 bits per heavy atom. The van der Waals surface area contributed by atoms with Gasteiger partial charge in [-0.15, -0.1) is 5.10 Å². The summed E-state index contributed by atoms with van der Waals surface area (Å²) in [6, 6.07) is 13.8. The molecule has 0 bridgehead atoms. The van der Waals surface area contributed by atoms with Gasteiger partial charge in [0.2, 0.25) is 10.0 Å². The Bertz CT molecular complexity index is 1100. The second-order valence-electron chi connectivity index (χ2n) is 6.56. The van der Waals surface area contributed by atoms with Crippen molar-refractivity contribution in [2.45, 2.75) is 17.5 Å². The molecular formula is C19H19ClN4O4S. The minimum Gasteiger partial charge on any atom is -0.495 e. The quantitative estimate of drug-likeness (QED) is 0.568. The maximum atomic E-state index is 12.8. The smallest absolute Gasteiger partial charge is 0.243 e. The minimum atomic E-state index is -3.62. The first kappa shape index (κ1) is 19.7. The predicted octanol–water partition coefficient (Wildman–Crippen LogP) is 2.76. The monoisotopic (exact) mass is 434 g/mol. The average Bonchev–Trinajstić information content (AvgIpc) is 3.14. The number of benzene rings is 2. The molecule has 0 aliphatic carbocycles. The number of rotatable bonds is 7. The van der Waals surface area contributed by atoms with Crippen LogP contribution in [-0.2, 0) is 16.6 Å². The van der Waals surface area contributed by atoms with Crippen LogP contribution in [-0.4, -0.2) is 47.9 Å². The predicted molar refractivity (Wildman–Crippen MR) is 107 cm³/mol. The largest absolute Gasteiger partial charge is 0.495 e. The second kappa shape index (κ2) is 8.02. The topological polar surface area (TPSA) is 86.6 Å². The standard InChI is InChI=1S/C19H19ClN4O4S/c1-27-19-8-7-17(9-18(19)20)29(25,26)23-11-15(12-23)24-10-14(21-22-24)13-28-16-5-3-2-4-6-16/h2-10,15H,11-13H2,1H3. The van der Waals surface area contributed by atoms with E-state index in [9.17, 15) is 8.42 Å². The van der Waals surface area contributed by atoms with Crippen LogP contribution in [0.1, 0.15) is 11.7 Å². The fourth-order valence-corrected chi connectivity index (χ4v) is 4.83. The van der Waals surface area contributed by atoms with E-state index in [1.165, 1.54) is 23.5 Å². The number of nitrogens with zero attached hydrogens (tertiary/aromatic N) is 4.